The van der Waals surface area contributed by atoms with Crippen molar-refractivity contribution in [2.24, 2.45) is 0 Å². The fraction of sp³-hybridized carbons (Fsp3) is 0.429. The van der Waals surface area contributed by atoms with Crippen molar-refractivity contribution in [3.05, 3.63) is 29.8 Å². The number of amides is 2. The predicted molar refractivity (Wildman–Crippen MR) is 72.1 cm³/mol. The number of esters is 1. The molecule has 19 heavy (non-hydrogen) atoms. The van der Waals surface area contributed by atoms with Gasteiger partial charge in [-0.2, -0.15) is 0 Å². The van der Waals surface area contributed by atoms with E-state index in [1.807, 2.05) is 31.2 Å². The first-order chi connectivity index (χ1) is 9.13. The Morgan fingerprint density at radius 1 is 1.42 bits per heavy atom. The third kappa shape index (κ3) is 2.86. The van der Waals surface area contributed by atoms with Crippen LogP contribution in [0.1, 0.15) is 19.4 Å². The van der Waals surface area contributed by atoms with Crippen molar-refractivity contribution in [1.29, 1.82) is 0 Å². The van der Waals surface area contributed by atoms with Crippen molar-refractivity contribution in [2.45, 2.75) is 26.3 Å². The second-order valence-corrected chi connectivity index (χ2v) is 4.52. The van der Waals surface area contributed by atoms with Gasteiger partial charge in [0, 0.05) is 11.7 Å². The standard InChI is InChI=1S/C14H18N2O3/c1-3-19-13(17)9-15-14(18)16-10(2)8-11-6-4-5-7-12(11)16/h4-7,10H,3,8-9H2,1-2H3,(H,15,18). The number of nitrogens with zero attached hydrogens (tertiary/aromatic N) is 1. The van der Waals surface area contributed by atoms with Gasteiger partial charge in [-0.05, 0) is 31.9 Å². The maximum absolute atomic E-state index is 12.1. The van der Waals surface area contributed by atoms with Crippen molar-refractivity contribution in [3.8, 4) is 0 Å². The fourth-order valence-corrected chi connectivity index (χ4v) is 2.32. The Balaban J connectivity index is 2.01. The molecule has 2 rings (SSSR count). The fourth-order valence-electron chi connectivity index (χ4n) is 2.32. The smallest absolute Gasteiger partial charge is 0.325 e. The number of rotatable bonds is 3. The first-order valence-corrected chi connectivity index (χ1v) is 6.44. The molecule has 0 saturated carbocycles. The zero-order chi connectivity index (χ0) is 13.8. The maximum Gasteiger partial charge on any atom is 0.325 e. The summed E-state index contributed by atoms with van der Waals surface area (Å²) in [6, 6.07) is 7.64. The van der Waals surface area contributed by atoms with Crippen LogP contribution in [-0.4, -0.2) is 31.2 Å². The number of hydrogen-bond donors (Lipinski definition) is 1. The molecular formula is C14H18N2O3. The van der Waals surface area contributed by atoms with Crippen molar-refractivity contribution < 1.29 is 14.3 Å². The molecule has 1 aliphatic heterocycles. The van der Waals surface area contributed by atoms with Crippen molar-refractivity contribution in [3.63, 3.8) is 0 Å². The summed E-state index contributed by atoms with van der Waals surface area (Å²) in [4.78, 5) is 25.1. The number of hydrogen-bond acceptors (Lipinski definition) is 3. The van der Waals surface area contributed by atoms with E-state index in [4.69, 9.17) is 4.74 Å². The lowest BCUT2D eigenvalue weighted by Crippen LogP contribution is -2.45. The van der Waals surface area contributed by atoms with E-state index in [0.717, 1.165) is 17.7 Å². The molecule has 5 nitrogen and oxygen atoms in total. The van der Waals surface area contributed by atoms with E-state index in [2.05, 4.69) is 5.32 Å². The van der Waals surface area contributed by atoms with Gasteiger partial charge in [0.2, 0.25) is 0 Å². The summed E-state index contributed by atoms with van der Waals surface area (Å²) >= 11 is 0. The van der Waals surface area contributed by atoms with Crippen LogP contribution in [0.5, 0.6) is 0 Å². The van der Waals surface area contributed by atoms with Crippen LogP contribution in [-0.2, 0) is 16.0 Å². The van der Waals surface area contributed by atoms with Gasteiger partial charge in [0.05, 0.1) is 6.61 Å². The number of urea groups is 1. The van der Waals surface area contributed by atoms with Crippen LogP contribution in [0.25, 0.3) is 0 Å². The lowest BCUT2D eigenvalue weighted by atomic mass is 10.1. The van der Waals surface area contributed by atoms with E-state index in [0.29, 0.717) is 6.61 Å². The van der Waals surface area contributed by atoms with Crippen molar-refractivity contribution in [2.75, 3.05) is 18.1 Å². The largest absolute Gasteiger partial charge is 0.465 e. The number of para-hydroxylation sites is 1. The molecule has 1 aromatic carbocycles. The number of ether oxygens (including phenoxy) is 1. The van der Waals surface area contributed by atoms with Gasteiger partial charge < -0.3 is 10.1 Å². The summed E-state index contributed by atoms with van der Waals surface area (Å²) in [5.41, 5.74) is 2.07. The quantitative estimate of drug-likeness (QED) is 0.844. The topological polar surface area (TPSA) is 58.6 Å². The summed E-state index contributed by atoms with van der Waals surface area (Å²) in [6.45, 7) is 3.94. The van der Waals surface area contributed by atoms with Crippen LogP contribution in [0.15, 0.2) is 24.3 Å². The Bertz CT molecular complexity index is 487. The number of carbonyl (C=O) groups is 2. The Morgan fingerprint density at radius 2 is 2.16 bits per heavy atom. The molecule has 0 radical (unpaired) electrons. The molecule has 0 aromatic heterocycles. The molecule has 0 saturated heterocycles. The molecule has 1 atom stereocenters. The lowest BCUT2D eigenvalue weighted by molar-refractivity contribution is -0.141. The molecule has 0 spiro atoms. The molecule has 1 N–H and O–H groups in total. The van der Waals surface area contributed by atoms with Crippen molar-refractivity contribution in [1.82, 2.24) is 5.32 Å². The van der Waals surface area contributed by atoms with Crippen LogP contribution in [0.3, 0.4) is 0 Å². The summed E-state index contributed by atoms with van der Waals surface area (Å²) < 4.78 is 4.78. The van der Waals surface area contributed by atoms with Gasteiger partial charge in [0.15, 0.2) is 0 Å². The number of anilines is 1. The molecule has 2 amide bonds. The molecule has 5 heteroatoms. The van der Waals surface area contributed by atoms with Gasteiger partial charge in [-0.1, -0.05) is 18.2 Å². The van der Waals surface area contributed by atoms with E-state index in [9.17, 15) is 9.59 Å². The van der Waals surface area contributed by atoms with E-state index in [-0.39, 0.29) is 18.6 Å². The average molecular weight is 262 g/mol. The van der Waals surface area contributed by atoms with Crippen LogP contribution in [0, 0.1) is 0 Å². The zero-order valence-corrected chi connectivity index (χ0v) is 11.2. The van der Waals surface area contributed by atoms with Crippen LogP contribution in [0.4, 0.5) is 10.5 Å². The zero-order valence-electron chi connectivity index (χ0n) is 11.2. The first kappa shape index (κ1) is 13.4. The van der Waals surface area contributed by atoms with E-state index < -0.39 is 5.97 Å². The third-order valence-electron chi connectivity index (χ3n) is 3.12. The number of fused-ring (bicyclic) bond motifs is 1. The van der Waals surface area contributed by atoms with E-state index >= 15 is 0 Å². The van der Waals surface area contributed by atoms with Gasteiger partial charge in [-0.25, -0.2) is 4.79 Å². The molecule has 1 aromatic rings. The van der Waals surface area contributed by atoms with E-state index in [1.165, 1.54) is 0 Å². The molecule has 1 aliphatic rings. The number of nitrogens with one attached hydrogen (secondary N) is 1. The lowest BCUT2D eigenvalue weighted by Gasteiger charge is -2.22. The summed E-state index contributed by atoms with van der Waals surface area (Å²) in [5.74, 6) is -0.420. The minimum Gasteiger partial charge on any atom is -0.465 e. The molecule has 1 heterocycles. The average Bonchev–Trinajstić information content (AvgIpc) is 2.72. The molecule has 1 unspecified atom stereocenters. The second kappa shape index (κ2) is 5.73. The summed E-state index contributed by atoms with van der Waals surface area (Å²) in [7, 11) is 0. The molecular weight excluding hydrogens is 244 g/mol. The SMILES string of the molecule is CCOC(=O)CNC(=O)N1c2ccccc2CC1C. The Kier molecular flexibility index (Phi) is 4.04. The highest BCUT2D eigenvalue weighted by atomic mass is 16.5. The Morgan fingerprint density at radius 3 is 2.89 bits per heavy atom. The third-order valence-corrected chi connectivity index (χ3v) is 3.12. The highest BCUT2D eigenvalue weighted by Gasteiger charge is 2.30. The Hall–Kier alpha value is -2.04. The van der Waals surface area contributed by atoms with Crippen LogP contribution in [0.2, 0.25) is 0 Å². The molecule has 0 fully saturated rings. The second-order valence-electron chi connectivity index (χ2n) is 4.52. The number of benzene rings is 1. The summed E-state index contributed by atoms with van der Waals surface area (Å²) in [5, 5.41) is 2.59. The van der Waals surface area contributed by atoms with E-state index in [1.54, 1.807) is 11.8 Å². The number of carbonyl (C=O) groups excluding carboxylic acids is 2. The monoisotopic (exact) mass is 262 g/mol. The maximum atomic E-state index is 12.1. The molecule has 0 bridgehead atoms. The molecule has 0 aliphatic carbocycles. The highest BCUT2D eigenvalue weighted by molar-refractivity contribution is 5.96. The van der Waals surface area contributed by atoms with Gasteiger partial charge in [-0.3, -0.25) is 9.69 Å². The minimum absolute atomic E-state index is 0.0968. The van der Waals surface area contributed by atoms with Crippen LogP contribution < -0.4 is 10.2 Å². The predicted octanol–water partition coefficient (Wildman–Crippen LogP) is 1.71. The first-order valence-electron chi connectivity index (χ1n) is 6.44. The van der Waals surface area contributed by atoms with Crippen LogP contribution >= 0.6 is 0 Å². The van der Waals surface area contributed by atoms with Gasteiger partial charge >= 0.3 is 12.0 Å². The normalized spacial score (nSPS) is 16.9. The minimum atomic E-state index is -0.420. The van der Waals surface area contributed by atoms with Crippen molar-refractivity contribution >= 4 is 17.7 Å². The van der Waals surface area contributed by atoms with Gasteiger partial charge in [0.25, 0.3) is 0 Å². The van der Waals surface area contributed by atoms with Gasteiger partial charge in [-0.15, -0.1) is 0 Å². The van der Waals surface area contributed by atoms with Gasteiger partial charge in [0.1, 0.15) is 6.54 Å². The Labute approximate surface area is 112 Å². The summed E-state index contributed by atoms with van der Waals surface area (Å²) in [6.07, 6.45) is 0.836. The highest BCUT2D eigenvalue weighted by Crippen LogP contribution is 2.31. The molecule has 102 valence electrons.